The second kappa shape index (κ2) is 43.4. The van der Waals surface area contributed by atoms with Crippen molar-refractivity contribution >= 4 is 87.7 Å². The lowest BCUT2D eigenvalue weighted by Crippen LogP contribution is -2.21. The quantitative estimate of drug-likeness (QED) is 0.0103. The molecule has 618 valence electrons. The number of aromatic nitrogens is 16. The fraction of sp³-hybridized carbons (Fsp3) is 0.387. The first-order valence-electron chi connectivity index (χ1n) is 35.7. The molecule has 0 saturated carbocycles. The number of anilines is 4. The number of fused-ring (bicyclic) bond motifs is 4. The van der Waals surface area contributed by atoms with Gasteiger partial charge in [-0.15, -0.1) is 0 Å². The molecule has 4 aromatic carbocycles. The number of H-pyrrole nitrogens is 4. The van der Waals surface area contributed by atoms with E-state index in [1.165, 1.54) is 53.8 Å². The Morgan fingerprint density at radius 1 is 0.461 bits per heavy atom. The van der Waals surface area contributed by atoms with Crippen LogP contribution in [0.1, 0.15) is 119 Å². The van der Waals surface area contributed by atoms with Crippen LogP contribution in [0.25, 0.3) is 44.7 Å². The number of aliphatic hydroxyl groups is 1. The topological polar surface area (TPSA) is 531 Å². The van der Waals surface area contributed by atoms with E-state index in [-0.39, 0.29) is 138 Å². The minimum atomic E-state index is -3.59. The van der Waals surface area contributed by atoms with Crippen molar-refractivity contribution in [1.29, 1.82) is 0 Å². The number of carbonyl (C=O) groups excluding carboxylic acids is 2. The molecular formula is C75H99N20O19P. The van der Waals surface area contributed by atoms with Gasteiger partial charge >= 0.3 is 66.6 Å². The van der Waals surface area contributed by atoms with Crippen molar-refractivity contribution in [2.45, 2.75) is 120 Å². The highest BCUT2D eigenvalue weighted by atomic mass is 31.2. The van der Waals surface area contributed by atoms with Crippen molar-refractivity contribution in [3.8, 4) is 35.5 Å². The number of nitrogens with one attached hydrogen (secondary N) is 4. The molecule has 12 rings (SSSR count). The minimum absolute atomic E-state index is 0. The average molecular weight is 1620 g/mol. The Labute approximate surface area is 659 Å². The van der Waals surface area contributed by atoms with Crippen molar-refractivity contribution in [1.82, 2.24) is 78.1 Å². The molecule has 0 atom stereocenters. The van der Waals surface area contributed by atoms with Crippen molar-refractivity contribution in [3.63, 3.8) is 0 Å². The molecule has 0 unspecified atom stereocenters. The van der Waals surface area contributed by atoms with Gasteiger partial charge in [0.2, 0.25) is 0 Å². The Morgan fingerprint density at radius 2 is 0.896 bits per heavy atom. The number of nitrogens with two attached hydrogens (primary N) is 4. The van der Waals surface area contributed by atoms with Gasteiger partial charge in [0.25, 0.3) is 0 Å². The van der Waals surface area contributed by atoms with E-state index in [2.05, 4.69) is 59.8 Å². The lowest BCUT2D eigenvalue weighted by molar-refractivity contribution is -0.139. The van der Waals surface area contributed by atoms with E-state index in [9.17, 15) is 33.3 Å². The van der Waals surface area contributed by atoms with Gasteiger partial charge in [-0.2, -0.15) is 39.9 Å². The molecule has 0 amide bonds. The third kappa shape index (κ3) is 23.9. The summed E-state index contributed by atoms with van der Waals surface area (Å²) < 4.78 is 75.1. The van der Waals surface area contributed by atoms with E-state index in [1.807, 2.05) is 63.2 Å². The first-order valence-corrected chi connectivity index (χ1v) is 37.2. The highest BCUT2D eigenvalue weighted by Gasteiger charge is 2.24. The summed E-state index contributed by atoms with van der Waals surface area (Å²) in [6.07, 6.45) is 6.05. The molecule has 115 heavy (non-hydrogen) atoms. The predicted molar refractivity (Wildman–Crippen MR) is 431 cm³/mol. The lowest BCUT2D eigenvalue weighted by Gasteiger charge is -2.13. The van der Waals surface area contributed by atoms with Crippen LogP contribution in [0.5, 0.6) is 35.5 Å². The Balaban J connectivity index is 0.000000212. The molecule has 8 heterocycles. The van der Waals surface area contributed by atoms with E-state index >= 15 is 0 Å². The van der Waals surface area contributed by atoms with E-state index in [0.717, 1.165) is 60.8 Å². The number of nitrogen functional groups attached to an aromatic ring is 4. The van der Waals surface area contributed by atoms with Crippen LogP contribution in [-0.4, -0.2) is 170 Å². The molecule has 0 radical (unpaired) electrons. The summed E-state index contributed by atoms with van der Waals surface area (Å²) in [4.78, 5) is 117. The fourth-order valence-electron chi connectivity index (χ4n) is 10.8. The minimum Gasteiger partial charge on any atom is -0.496 e. The van der Waals surface area contributed by atoms with E-state index in [4.69, 9.17) is 79.5 Å². The van der Waals surface area contributed by atoms with Gasteiger partial charge in [0, 0.05) is 32.8 Å². The van der Waals surface area contributed by atoms with E-state index in [1.54, 1.807) is 54.6 Å². The van der Waals surface area contributed by atoms with Crippen LogP contribution < -0.4 is 74.1 Å². The largest absolute Gasteiger partial charge is 0.496 e. The molecule has 0 aliphatic carbocycles. The number of esters is 2. The number of aliphatic hydroxyl groups excluding tert-OH is 1. The maximum atomic E-state index is 12.6. The number of phosphoric ester groups is 1. The van der Waals surface area contributed by atoms with Crippen LogP contribution in [0.2, 0.25) is 0 Å². The van der Waals surface area contributed by atoms with Crippen LogP contribution in [0.3, 0.4) is 0 Å². The summed E-state index contributed by atoms with van der Waals surface area (Å²) >= 11 is 0. The van der Waals surface area contributed by atoms with Gasteiger partial charge in [-0.25, -0.2) is 28.5 Å². The smallest absolute Gasteiger partial charge is 0.474 e. The lowest BCUT2D eigenvalue weighted by atomic mass is 10.1. The highest BCUT2D eigenvalue weighted by Crippen LogP contribution is 2.48. The third-order valence-corrected chi connectivity index (χ3v) is 18.0. The van der Waals surface area contributed by atoms with Crippen molar-refractivity contribution in [3.05, 3.63) is 172 Å². The molecule has 0 spiro atoms. The Kier molecular flexibility index (Phi) is 33.7. The monoisotopic (exact) mass is 1610 g/mol. The summed E-state index contributed by atoms with van der Waals surface area (Å²) in [5, 5.41) is 8.79. The van der Waals surface area contributed by atoms with Crippen LogP contribution >= 0.6 is 7.82 Å². The summed E-state index contributed by atoms with van der Waals surface area (Å²) in [5.74, 6) is 0.820. The SMILES string of the molecule is C.C.CCCCOc1nc(N)c2[nH]c(=O)n(CCOc3cccc(C(=O)OC)c3)c2n1.CCCCOc1nc(N)c2[nH]c(=O)n(Cc3cc(CC(=O)OC)ccc3OC)c2n1.CCCCOc1nc(N)c2[nH]c(=O)n(Cc3cccc(COP(=O)(OC)OC)c3)c2n1.Nc1nc(OCCCO)nc2c1[nH]c(=O)n2Cc1ccccc1. The van der Waals surface area contributed by atoms with Crippen molar-refractivity contribution in [2.75, 3.05) is 98.1 Å². The van der Waals surface area contributed by atoms with Gasteiger partial charge in [-0.05, 0) is 71.8 Å². The van der Waals surface area contributed by atoms with Gasteiger partial charge in [-0.1, -0.05) is 122 Å². The Bertz CT molecular complexity index is 5500. The number of methoxy groups -OCH3 is 3. The average Bonchev–Trinajstić information content (AvgIpc) is 1.66. The molecule has 0 aliphatic rings. The fourth-order valence-corrected chi connectivity index (χ4v) is 11.5. The number of ether oxygens (including phenoxy) is 8. The van der Waals surface area contributed by atoms with Gasteiger partial charge in [0.15, 0.2) is 45.9 Å². The summed E-state index contributed by atoms with van der Waals surface area (Å²) in [6, 6.07) is 29.2. The van der Waals surface area contributed by atoms with Crippen LogP contribution in [-0.2, 0) is 71.6 Å². The number of carbonyl (C=O) groups is 2. The Hall–Kier alpha value is -12.7. The molecule has 0 fully saturated rings. The standard InChI is InChI=1S/C20H25N5O5.C19H26N5O6P.C19H23N5O5.C15H17N5O3.2CH4/c1-4-5-8-30-19-23-17(21)16-18(24-19)25(20(27)22-16)11-13-9-12(10-15(26)29-3)6-7-14(13)28-2;1-4-5-9-29-18-22-16(20)15-17(23-18)24(19(25)21-15)11-13-7-6-8-14(10-13)12-30-31(26,27-2)28-3;1-3-4-9-29-18-22-15(20)14-16(23-18)24(19(26)21-14)8-10-28-13-7-5-6-12(11-13)17(25)27-2;16-12-11-13(19-14(18-12)23-8-4-7-21)20(15(22)17-11)9-10-5-2-1-3-6-10;;/h6-7,9H,4-5,8,10-11H2,1-3H3,(H,22,27)(H2,21,23,24);6-8,10H,4-5,9,11-12H2,1-3H3,(H,21,25)(H2,20,22,23);5-7,11H,3-4,8-10H2,1-2H3,(H,21,26)(H2,20,22,23);1-3,5-6,21H,4,7-9H2,(H,17,22)(H2,16,18,19);2*1H4. The molecule has 0 bridgehead atoms. The van der Waals surface area contributed by atoms with E-state index < -0.39 is 19.5 Å². The first kappa shape index (κ1) is 89.5. The molecule has 40 heteroatoms. The molecular weight excluding hydrogens is 1520 g/mol. The summed E-state index contributed by atoms with van der Waals surface area (Å²) in [6.45, 7) is 8.97. The number of rotatable bonds is 35. The zero-order valence-corrected chi connectivity index (χ0v) is 64.5. The van der Waals surface area contributed by atoms with Gasteiger partial charge < -0.3 is 85.9 Å². The maximum Gasteiger partial charge on any atom is 0.474 e. The number of imidazole rings is 4. The van der Waals surface area contributed by atoms with Crippen LogP contribution in [0.4, 0.5) is 23.3 Å². The molecule has 0 saturated heterocycles. The summed E-state index contributed by atoms with van der Waals surface area (Å²) in [7, 11) is 3.10. The predicted octanol–water partition coefficient (Wildman–Crippen LogP) is 8.03. The molecule has 13 N–H and O–H groups in total. The van der Waals surface area contributed by atoms with Crippen LogP contribution in [0, 0.1) is 0 Å². The number of aromatic amines is 4. The zero-order chi connectivity index (χ0) is 81.1. The second-order valence-electron chi connectivity index (χ2n) is 24.7. The van der Waals surface area contributed by atoms with Crippen molar-refractivity contribution < 1.29 is 70.7 Å². The number of unbranched alkanes of at least 4 members (excludes halogenated alkanes) is 3. The van der Waals surface area contributed by atoms with E-state index in [0.29, 0.717) is 100 Å². The number of benzene rings is 4. The zero-order valence-electron chi connectivity index (χ0n) is 63.6. The molecule has 39 nitrogen and oxygen atoms in total. The Morgan fingerprint density at radius 3 is 1.35 bits per heavy atom. The maximum absolute atomic E-state index is 12.6. The number of hydrogen-bond donors (Lipinski definition) is 9. The van der Waals surface area contributed by atoms with Gasteiger partial charge in [0.05, 0.1) is 92.5 Å². The molecule has 12 aromatic rings. The van der Waals surface area contributed by atoms with Crippen molar-refractivity contribution in [2.24, 2.45) is 0 Å². The highest BCUT2D eigenvalue weighted by molar-refractivity contribution is 7.48. The second-order valence-corrected chi connectivity index (χ2v) is 26.6. The third-order valence-electron chi connectivity index (χ3n) is 16.7. The number of hydrogen-bond acceptors (Lipinski definition) is 31. The van der Waals surface area contributed by atoms with Gasteiger partial charge in [-0.3, -0.25) is 36.6 Å². The normalized spacial score (nSPS) is 11.0. The number of nitrogens with zero attached hydrogens (tertiary/aromatic N) is 12. The molecule has 8 aromatic heterocycles. The summed E-state index contributed by atoms with van der Waals surface area (Å²) in [5.41, 5.74) is 29.5. The number of phosphoric acid groups is 1. The van der Waals surface area contributed by atoms with Gasteiger partial charge in [0.1, 0.15) is 40.2 Å². The first-order chi connectivity index (χ1) is 54.6. The molecule has 0 aliphatic heterocycles. The van der Waals surface area contributed by atoms with Crippen LogP contribution in [0.15, 0.2) is 116 Å².